The maximum atomic E-state index is 4.35. The summed E-state index contributed by atoms with van der Waals surface area (Å²) in [6.45, 7) is 13.3. The molecule has 0 nitrogen and oxygen atoms in total. The maximum Gasteiger partial charge on any atom is -0.00555 e. The summed E-state index contributed by atoms with van der Waals surface area (Å²) < 4.78 is 0. The van der Waals surface area contributed by atoms with Crippen molar-refractivity contribution < 1.29 is 0 Å². The van der Waals surface area contributed by atoms with Gasteiger partial charge < -0.3 is 0 Å². The molecule has 0 aliphatic heterocycles. The Bertz CT molecular complexity index is 824. The van der Waals surface area contributed by atoms with E-state index in [0.29, 0.717) is 0 Å². The van der Waals surface area contributed by atoms with Gasteiger partial charge in [0.15, 0.2) is 0 Å². The van der Waals surface area contributed by atoms with E-state index in [0.717, 1.165) is 6.42 Å². The van der Waals surface area contributed by atoms with Crippen LogP contribution in [-0.2, 0) is 0 Å². The monoisotopic (exact) mass is 314 g/mol. The molecule has 0 heteroatoms. The van der Waals surface area contributed by atoms with Gasteiger partial charge in [-0.15, -0.1) is 0 Å². The first kappa shape index (κ1) is 16.5. The summed E-state index contributed by atoms with van der Waals surface area (Å²) in [6, 6.07) is 19.3. The quantitative estimate of drug-likeness (QED) is 0.535. The normalized spacial score (nSPS) is 15.8. The molecular weight excluding hydrogens is 288 g/mol. The first-order valence-electron chi connectivity index (χ1n) is 8.63. The fraction of sp³-hybridized carbons (Fsp3) is 0.250. The molecule has 0 saturated heterocycles. The van der Waals surface area contributed by atoms with E-state index in [-0.39, 0.29) is 5.41 Å². The Morgan fingerprint density at radius 1 is 0.917 bits per heavy atom. The van der Waals surface area contributed by atoms with Crippen molar-refractivity contribution in [2.75, 3.05) is 0 Å². The Balaban J connectivity index is 2.08. The number of hydrogen-bond donors (Lipinski definition) is 0. The summed E-state index contributed by atoms with van der Waals surface area (Å²) >= 11 is 0. The minimum absolute atomic E-state index is 0.133. The van der Waals surface area contributed by atoms with Gasteiger partial charge in [-0.05, 0) is 58.2 Å². The van der Waals surface area contributed by atoms with E-state index < -0.39 is 0 Å². The van der Waals surface area contributed by atoms with Crippen molar-refractivity contribution in [3.8, 4) is 0 Å². The summed E-state index contributed by atoms with van der Waals surface area (Å²) in [5.41, 5.74) is 9.52. The second-order valence-corrected chi connectivity index (χ2v) is 7.65. The van der Waals surface area contributed by atoms with Crippen molar-refractivity contribution in [3.05, 3.63) is 89.0 Å². The molecule has 0 saturated carbocycles. The molecule has 0 atom stereocenters. The average Bonchev–Trinajstić information content (AvgIpc) is 2.81. The summed E-state index contributed by atoms with van der Waals surface area (Å²) in [4.78, 5) is 0. The molecule has 0 radical (unpaired) electrons. The molecule has 0 aromatic heterocycles. The van der Waals surface area contributed by atoms with Gasteiger partial charge in [0.2, 0.25) is 0 Å². The van der Waals surface area contributed by atoms with Gasteiger partial charge in [0.25, 0.3) is 0 Å². The highest BCUT2D eigenvalue weighted by Crippen LogP contribution is 2.46. The summed E-state index contributed by atoms with van der Waals surface area (Å²) in [6.07, 6.45) is 3.25. The lowest BCUT2D eigenvalue weighted by molar-refractivity contribution is 0.497. The van der Waals surface area contributed by atoms with Crippen LogP contribution < -0.4 is 0 Å². The lowest BCUT2D eigenvalue weighted by Crippen LogP contribution is -2.08. The zero-order valence-electron chi connectivity index (χ0n) is 15.2. The van der Waals surface area contributed by atoms with E-state index >= 15 is 0 Å². The van der Waals surface area contributed by atoms with E-state index in [1.165, 1.54) is 39.0 Å². The van der Waals surface area contributed by atoms with Crippen molar-refractivity contribution >= 4 is 17.2 Å². The van der Waals surface area contributed by atoms with Crippen molar-refractivity contribution in [1.82, 2.24) is 0 Å². The van der Waals surface area contributed by atoms with Gasteiger partial charge in [0, 0.05) is 0 Å². The summed E-state index contributed by atoms with van der Waals surface area (Å²) in [5, 5.41) is 0. The number of rotatable bonds is 3. The Kier molecular flexibility index (Phi) is 4.32. The molecule has 0 N–H and O–H groups in total. The molecule has 0 fully saturated rings. The van der Waals surface area contributed by atoms with E-state index in [1.54, 1.807) is 0 Å². The zero-order valence-corrected chi connectivity index (χ0v) is 15.2. The molecule has 0 bridgehead atoms. The van der Waals surface area contributed by atoms with Crippen LogP contribution in [0.3, 0.4) is 0 Å². The van der Waals surface area contributed by atoms with E-state index in [1.807, 2.05) is 0 Å². The fourth-order valence-corrected chi connectivity index (χ4v) is 3.16. The van der Waals surface area contributed by atoms with Crippen LogP contribution in [0.4, 0.5) is 0 Å². The van der Waals surface area contributed by atoms with Crippen molar-refractivity contribution in [2.24, 2.45) is 5.41 Å². The van der Waals surface area contributed by atoms with E-state index in [2.05, 4.69) is 94.9 Å². The Morgan fingerprint density at radius 2 is 1.50 bits per heavy atom. The second-order valence-electron chi connectivity index (χ2n) is 7.65. The van der Waals surface area contributed by atoms with Crippen LogP contribution in [0.15, 0.2) is 72.3 Å². The SMILES string of the molecule is C=C(CC1=C(C)/C(=C/c2ccccc2)c2ccccc21)C(C)(C)C. The molecule has 0 heterocycles. The Morgan fingerprint density at radius 3 is 2.12 bits per heavy atom. The molecule has 24 heavy (non-hydrogen) atoms. The molecular formula is C24H26. The maximum absolute atomic E-state index is 4.35. The third-order valence-corrected chi connectivity index (χ3v) is 4.96. The molecule has 3 rings (SSSR count). The summed E-state index contributed by atoms with van der Waals surface area (Å²) in [7, 11) is 0. The standard InChI is InChI=1S/C24H26/c1-17(24(3,4)5)15-22-18(2)23(16-19-11-7-6-8-12-19)21-14-10-9-13-20(21)22/h6-14,16H,1,15H2,2-5H3/b23-16-. The highest BCUT2D eigenvalue weighted by molar-refractivity contribution is 6.05. The smallest absolute Gasteiger partial charge is 0.00555 e. The average molecular weight is 314 g/mol. The molecule has 2 aromatic carbocycles. The van der Waals surface area contributed by atoms with Crippen molar-refractivity contribution in [2.45, 2.75) is 34.1 Å². The Hall–Kier alpha value is -2.34. The van der Waals surface area contributed by atoms with Gasteiger partial charge in [-0.2, -0.15) is 0 Å². The van der Waals surface area contributed by atoms with Gasteiger partial charge in [0.05, 0.1) is 0 Å². The second kappa shape index (κ2) is 6.28. The number of fused-ring (bicyclic) bond motifs is 1. The largest absolute Gasteiger partial charge is 0.0990 e. The van der Waals surface area contributed by atoms with E-state index in [4.69, 9.17) is 0 Å². The van der Waals surface area contributed by atoms with Gasteiger partial charge >= 0.3 is 0 Å². The molecule has 1 aliphatic carbocycles. The van der Waals surface area contributed by atoms with Crippen LogP contribution in [-0.4, -0.2) is 0 Å². The van der Waals surface area contributed by atoms with Crippen LogP contribution in [0.25, 0.3) is 17.2 Å². The molecule has 2 aromatic rings. The van der Waals surface area contributed by atoms with Crippen LogP contribution >= 0.6 is 0 Å². The van der Waals surface area contributed by atoms with Crippen LogP contribution in [0.1, 0.15) is 50.8 Å². The number of hydrogen-bond acceptors (Lipinski definition) is 0. The first-order valence-corrected chi connectivity index (χ1v) is 8.63. The van der Waals surface area contributed by atoms with Crippen LogP contribution in [0.5, 0.6) is 0 Å². The van der Waals surface area contributed by atoms with Crippen LogP contribution in [0.2, 0.25) is 0 Å². The predicted octanol–water partition coefficient (Wildman–Crippen LogP) is 7.01. The predicted molar refractivity (Wildman–Crippen MR) is 107 cm³/mol. The molecule has 0 spiro atoms. The minimum Gasteiger partial charge on any atom is -0.0990 e. The van der Waals surface area contributed by atoms with Gasteiger partial charge in [-0.1, -0.05) is 87.5 Å². The molecule has 0 unspecified atom stereocenters. The minimum atomic E-state index is 0.133. The van der Waals surface area contributed by atoms with Crippen molar-refractivity contribution in [1.29, 1.82) is 0 Å². The van der Waals surface area contributed by atoms with Gasteiger partial charge in [-0.25, -0.2) is 0 Å². The van der Waals surface area contributed by atoms with Gasteiger partial charge in [-0.3, -0.25) is 0 Å². The zero-order chi connectivity index (χ0) is 17.3. The third-order valence-electron chi connectivity index (χ3n) is 4.96. The highest BCUT2D eigenvalue weighted by Gasteiger charge is 2.25. The topological polar surface area (TPSA) is 0 Å². The highest BCUT2D eigenvalue weighted by atomic mass is 14.3. The number of benzene rings is 2. The first-order chi connectivity index (χ1) is 11.4. The van der Waals surface area contributed by atoms with E-state index in [9.17, 15) is 0 Å². The molecule has 0 amide bonds. The third kappa shape index (κ3) is 3.14. The van der Waals surface area contributed by atoms with Gasteiger partial charge in [0.1, 0.15) is 0 Å². The molecule has 122 valence electrons. The number of allylic oxidation sites excluding steroid dienone is 4. The Labute approximate surface area is 146 Å². The summed E-state index contributed by atoms with van der Waals surface area (Å²) in [5.74, 6) is 0. The van der Waals surface area contributed by atoms with Crippen molar-refractivity contribution in [3.63, 3.8) is 0 Å². The lowest BCUT2D eigenvalue weighted by Gasteiger charge is -2.23. The molecule has 1 aliphatic rings. The van der Waals surface area contributed by atoms with Crippen LogP contribution in [0, 0.1) is 5.41 Å². The fourth-order valence-electron chi connectivity index (χ4n) is 3.16. The lowest BCUT2D eigenvalue weighted by atomic mass is 9.82.